The Labute approximate surface area is 116 Å². The molecule has 2 heterocycles. The topological polar surface area (TPSA) is 49.4 Å². The second-order valence-electron chi connectivity index (χ2n) is 5.36. The van der Waals surface area contributed by atoms with E-state index >= 15 is 0 Å². The van der Waals surface area contributed by atoms with Gasteiger partial charge in [-0.2, -0.15) is 4.31 Å². The van der Waals surface area contributed by atoms with Gasteiger partial charge in [0, 0.05) is 19.1 Å². The van der Waals surface area contributed by atoms with Gasteiger partial charge in [-0.15, -0.1) is 0 Å². The Balaban J connectivity index is 1.86. The van der Waals surface area contributed by atoms with E-state index in [9.17, 15) is 17.2 Å². The summed E-state index contributed by atoms with van der Waals surface area (Å²) in [7, 11) is -3.75. The summed E-state index contributed by atoms with van der Waals surface area (Å²) in [6.07, 6.45) is 2.04. The van der Waals surface area contributed by atoms with Crippen molar-refractivity contribution in [2.45, 2.75) is 23.8 Å². The minimum Gasteiger partial charge on any atom is -0.312 e. The van der Waals surface area contributed by atoms with Gasteiger partial charge in [-0.25, -0.2) is 17.2 Å². The maximum absolute atomic E-state index is 13.2. The normalized spacial score (nSPS) is 27.5. The van der Waals surface area contributed by atoms with Crippen LogP contribution in [0, 0.1) is 17.6 Å². The Kier molecular flexibility index (Phi) is 3.51. The lowest BCUT2D eigenvalue weighted by atomic mass is 9.94. The van der Waals surface area contributed by atoms with Crippen LogP contribution in [0.25, 0.3) is 0 Å². The summed E-state index contributed by atoms with van der Waals surface area (Å²) in [4.78, 5) is -0.185. The van der Waals surface area contributed by atoms with Crippen molar-refractivity contribution in [2.75, 3.05) is 19.6 Å². The van der Waals surface area contributed by atoms with Gasteiger partial charge < -0.3 is 5.32 Å². The SMILES string of the molecule is O=S(=O)(c1ccc(F)c(F)c1)N1C[C@@H]2CCCN[C@@H]2C1. The summed E-state index contributed by atoms with van der Waals surface area (Å²) in [5, 5.41) is 3.31. The predicted molar refractivity (Wildman–Crippen MR) is 69.6 cm³/mol. The summed E-state index contributed by atoms with van der Waals surface area (Å²) >= 11 is 0. The molecule has 2 saturated heterocycles. The van der Waals surface area contributed by atoms with E-state index in [0.29, 0.717) is 19.0 Å². The molecule has 7 heteroatoms. The lowest BCUT2D eigenvalue weighted by molar-refractivity contribution is 0.339. The molecule has 0 amide bonds. The molecule has 2 fully saturated rings. The molecule has 3 rings (SSSR count). The highest BCUT2D eigenvalue weighted by Crippen LogP contribution is 2.29. The van der Waals surface area contributed by atoms with Gasteiger partial charge in [-0.1, -0.05) is 0 Å². The Morgan fingerprint density at radius 1 is 1.20 bits per heavy atom. The van der Waals surface area contributed by atoms with E-state index in [1.807, 2.05) is 0 Å². The van der Waals surface area contributed by atoms with Crippen LogP contribution in [0.15, 0.2) is 23.1 Å². The number of hydrogen-bond acceptors (Lipinski definition) is 3. The largest absolute Gasteiger partial charge is 0.312 e. The van der Waals surface area contributed by atoms with Crippen molar-refractivity contribution in [3.8, 4) is 0 Å². The van der Waals surface area contributed by atoms with Crippen LogP contribution in [0.5, 0.6) is 0 Å². The van der Waals surface area contributed by atoms with Crippen molar-refractivity contribution < 1.29 is 17.2 Å². The summed E-state index contributed by atoms with van der Waals surface area (Å²) in [5.74, 6) is -1.87. The molecular weight excluding hydrogens is 286 g/mol. The number of hydrogen-bond donors (Lipinski definition) is 1. The van der Waals surface area contributed by atoms with Gasteiger partial charge in [-0.05, 0) is 43.5 Å². The highest BCUT2D eigenvalue weighted by Gasteiger charge is 2.40. The van der Waals surface area contributed by atoms with Crippen molar-refractivity contribution in [1.29, 1.82) is 0 Å². The van der Waals surface area contributed by atoms with Crippen LogP contribution in [0.2, 0.25) is 0 Å². The average molecular weight is 302 g/mol. The highest BCUT2D eigenvalue weighted by molar-refractivity contribution is 7.89. The molecule has 0 aromatic heterocycles. The van der Waals surface area contributed by atoms with Crippen molar-refractivity contribution in [3.63, 3.8) is 0 Å². The van der Waals surface area contributed by atoms with Gasteiger partial charge in [0.1, 0.15) is 0 Å². The quantitative estimate of drug-likeness (QED) is 0.897. The molecule has 0 spiro atoms. The fourth-order valence-corrected chi connectivity index (χ4v) is 4.52. The minimum atomic E-state index is -3.75. The number of nitrogens with zero attached hydrogens (tertiary/aromatic N) is 1. The molecule has 1 N–H and O–H groups in total. The highest BCUT2D eigenvalue weighted by atomic mass is 32.2. The lowest BCUT2D eigenvalue weighted by Gasteiger charge is -2.24. The molecule has 2 aliphatic heterocycles. The molecule has 20 heavy (non-hydrogen) atoms. The smallest absolute Gasteiger partial charge is 0.243 e. The molecule has 0 bridgehead atoms. The first-order chi connectivity index (χ1) is 9.48. The molecule has 110 valence electrons. The van der Waals surface area contributed by atoms with Crippen LogP contribution in [0.4, 0.5) is 8.78 Å². The Hall–Kier alpha value is -1.05. The fourth-order valence-electron chi connectivity index (χ4n) is 2.99. The van der Waals surface area contributed by atoms with E-state index in [2.05, 4.69) is 5.32 Å². The third-order valence-electron chi connectivity index (χ3n) is 4.09. The number of fused-ring (bicyclic) bond motifs is 1. The fraction of sp³-hybridized carbons (Fsp3) is 0.538. The van der Waals surface area contributed by atoms with Crippen molar-refractivity contribution in [2.24, 2.45) is 5.92 Å². The van der Waals surface area contributed by atoms with Gasteiger partial charge in [0.25, 0.3) is 0 Å². The number of benzene rings is 1. The Morgan fingerprint density at radius 3 is 2.70 bits per heavy atom. The lowest BCUT2D eigenvalue weighted by Crippen LogP contribution is -2.41. The third kappa shape index (κ3) is 2.34. The van der Waals surface area contributed by atoms with E-state index in [0.717, 1.165) is 37.6 Å². The molecule has 0 radical (unpaired) electrons. The molecule has 1 aromatic carbocycles. The maximum atomic E-state index is 13.2. The zero-order chi connectivity index (χ0) is 14.3. The van der Waals surface area contributed by atoms with Crippen LogP contribution in [0.3, 0.4) is 0 Å². The second kappa shape index (κ2) is 5.05. The summed E-state index contributed by atoms with van der Waals surface area (Å²) in [6, 6.07) is 2.89. The summed E-state index contributed by atoms with van der Waals surface area (Å²) in [6.45, 7) is 1.74. The number of halogens is 2. The summed E-state index contributed by atoms with van der Waals surface area (Å²) in [5.41, 5.74) is 0. The predicted octanol–water partition coefficient (Wildman–Crippen LogP) is 1.34. The number of nitrogens with one attached hydrogen (secondary N) is 1. The molecule has 0 unspecified atom stereocenters. The Morgan fingerprint density at radius 2 is 2.00 bits per heavy atom. The molecule has 1 aromatic rings. The average Bonchev–Trinajstić information content (AvgIpc) is 2.86. The van der Waals surface area contributed by atoms with Gasteiger partial charge in [0.05, 0.1) is 4.90 Å². The van der Waals surface area contributed by atoms with Crippen molar-refractivity contribution in [3.05, 3.63) is 29.8 Å². The zero-order valence-electron chi connectivity index (χ0n) is 10.9. The first-order valence-corrected chi connectivity index (χ1v) is 8.11. The van der Waals surface area contributed by atoms with Crippen molar-refractivity contribution >= 4 is 10.0 Å². The molecule has 2 aliphatic rings. The van der Waals surface area contributed by atoms with E-state index in [1.54, 1.807) is 0 Å². The van der Waals surface area contributed by atoms with Crippen LogP contribution in [-0.2, 0) is 10.0 Å². The molecule has 0 aliphatic carbocycles. The minimum absolute atomic E-state index is 0.170. The first-order valence-electron chi connectivity index (χ1n) is 6.67. The monoisotopic (exact) mass is 302 g/mol. The van der Waals surface area contributed by atoms with Crippen LogP contribution >= 0.6 is 0 Å². The zero-order valence-corrected chi connectivity index (χ0v) is 11.7. The second-order valence-corrected chi connectivity index (χ2v) is 7.30. The van der Waals surface area contributed by atoms with Gasteiger partial charge >= 0.3 is 0 Å². The molecule has 2 atom stereocenters. The maximum Gasteiger partial charge on any atom is 0.243 e. The van der Waals surface area contributed by atoms with Crippen molar-refractivity contribution in [1.82, 2.24) is 9.62 Å². The van der Waals surface area contributed by atoms with Gasteiger partial charge in [-0.3, -0.25) is 0 Å². The first kappa shape index (κ1) is 13.9. The van der Waals surface area contributed by atoms with Gasteiger partial charge in [0.2, 0.25) is 10.0 Å². The number of sulfonamides is 1. The van der Waals surface area contributed by atoms with E-state index in [4.69, 9.17) is 0 Å². The van der Waals surface area contributed by atoms with E-state index in [1.165, 1.54) is 4.31 Å². The number of piperidine rings is 1. The molecular formula is C13H16F2N2O2S. The molecule has 4 nitrogen and oxygen atoms in total. The summed E-state index contributed by atoms with van der Waals surface area (Å²) < 4.78 is 52.4. The third-order valence-corrected chi connectivity index (χ3v) is 5.92. The van der Waals surface area contributed by atoms with E-state index in [-0.39, 0.29) is 10.9 Å². The van der Waals surface area contributed by atoms with E-state index < -0.39 is 21.7 Å². The standard InChI is InChI=1S/C13H16F2N2O2S/c14-11-4-3-10(6-12(11)15)20(18,19)17-7-9-2-1-5-16-13(9)8-17/h3-4,6,9,13,16H,1-2,5,7-8H2/t9-,13+/m0/s1. The Bertz CT molecular complexity index is 607. The van der Waals surface area contributed by atoms with Gasteiger partial charge in [0.15, 0.2) is 11.6 Å². The van der Waals surface area contributed by atoms with Crippen LogP contribution in [-0.4, -0.2) is 38.4 Å². The molecule has 0 saturated carbocycles. The number of rotatable bonds is 2. The van der Waals surface area contributed by atoms with Crippen LogP contribution < -0.4 is 5.32 Å². The van der Waals surface area contributed by atoms with Crippen LogP contribution in [0.1, 0.15) is 12.8 Å².